The minimum Gasteiger partial charge on any atom is -0.488 e. The average Bonchev–Trinajstić information content (AvgIpc) is 3.68. The monoisotopic (exact) mass is 684 g/mol. The van der Waals surface area contributed by atoms with Crippen LogP contribution in [0.15, 0.2) is 146 Å². The predicted octanol–water partition coefficient (Wildman–Crippen LogP) is 8.58. The maximum atomic E-state index is 12.9. The molecule has 0 aliphatic heterocycles. The number of hydrogen-bond acceptors (Lipinski definition) is 6. The van der Waals surface area contributed by atoms with E-state index in [1.54, 1.807) is 4.80 Å². The largest absolute Gasteiger partial charge is 0.488 e. The third-order valence-electron chi connectivity index (χ3n) is 9.17. The van der Waals surface area contributed by atoms with Gasteiger partial charge >= 0.3 is 0 Å². The first-order valence-corrected chi connectivity index (χ1v) is 17.5. The fraction of sp³-hybridized carbons (Fsp3) is 0.159. The molecule has 0 spiro atoms. The first-order chi connectivity index (χ1) is 25.5. The standard InChI is InChI=1S/C44H40N6O2/c1-4-28-45-43(51)41-32(3)46-31(2)29-40(41)52-30-33-24-26-34(27-25-33)38-22-14-15-23-39(38)42-47-49-50(48-42)44(35-16-8-5-9-17-35,36-18-10-6-11-19-36)37-20-12-7-13-21-37/h5-27,29H,4,28,30H2,1-3H3,(H,45,51). The number of tetrazole rings is 1. The number of amides is 1. The first kappa shape index (κ1) is 34.1. The molecule has 0 unspecified atom stereocenters. The van der Waals surface area contributed by atoms with Gasteiger partial charge in [0.05, 0.1) is 5.69 Å². The lowest BCUT2D eigenvalue weighted by atomic mass is 9.77. The zero-order chi connectivity index (χ0) is 35.9. The molecule has 0 aliphatic rings. The molecule has 0 saturated heterocycles. The SMILES string of the molecule is CCCNC(=O)c1c(OCc2ccc(-c3ccccc3-c3nnn(C(c4ccccc4)(c4ccccc4)c4ccccc4)n3)cc2)cc(C)nc1C. The number of ether oxygens (including phenoxy) is 1. The van der Waals surface area contributed by atoms with Gasteiger partial charge in [0.2, 0.25) is 5.82 Å². The highest BCUT2D eigenvalue weighted by Crippen LogP contribution is 2.40. The van der Waals surface area contributed by atoms with Crippen LogP contribution in [0.5, 0.6) is 5.75 Å². The van der Waals surface area contributed by atoms with Crippen molar-refractivity contribution in [3.8, 4) is 28.3 Å². The van der Waals surface area contributed by atoms with Gasteiger partial charge in [-0.25, -0.2) is 0 Å². The summed E-state index contributed by atoms with van der Waals surface area (Å²) in [6.07, 6.45) is 0.847. The van der Waals surface area contributed by atoms with Crippen LogP contribution in [-0.4, -0.2) is 37.6 Å². The van der Waals surface area contributed by atoms with E-state index in [0.717, 1.165) is 51.1 Å². The Morgan fingerprint density at radius 2 is 1.29 bits per heavy atom. The van der Waals surface area contributed by atoms with Gasteiger partial charge in [-0.2, -0.15) is 0 Å². The molecule has 0 radical (unpaired) electrons. The summed E-state index contributed by atoms with van der Waals surface area (Å²) in [4.78, 5) is 19.2. The Morgan fingerprint density at radius 3 is 1.87 bits per heavy atom. The Kier molecular flexibility index (Phi) is 9.97. The molecule has 8 heteroatoms. The minimum atomic E-state index is -0.867. The molecule has 7 aromatic rings. The van der Waals surface area contributed by atoms with Crippen molar-refractivity contribution < 1.29 is 9.53 Å². The van der Waals surface area contributed by atoms with Crippen molar-refractivity contribution in [2.45, 2.75) is 39.3 Å². The molecule has 0 saturated carbocycles. The summed E-state index contributed by atoms with van der Waals surface area (Å²) in [5.74, 6) is 0.875. The molecule has 52 heavy (non-hydrogen) atoms. The molecule has 0 fully saturated rings. The zero-order valence-corrected chi connectivity index (χ0v) is 29.5. The normalized spacial score (nSPS) is 11.3. The van der Waals surface area contributed by atoms with Crippen LogP contribution < -0.4 is 10.1 Å². The number of pyridine rings is 1. The number of nitrogens with zero attached hydrogens (tertiary/aromatic N) is 5. The van der Waals surface area contributed by atoms with Crippen LogP contribution in [0.3, 0.4) is 0 Å². The van der Waals surface area contributed by atoms with Gasteiger partial charge in [0.25, 0.3) is 5.91 Å². The Morgan fingerprint density at radius 1 is 0.731 bits per heavy atom. The zero-order valence-electron chi connectivity index (χ0n) is 29.5. The van der Waals surface area contributed by atoms with Crippen LogP contribution in [0.25, 0.3) is 22.5 Å². The highest BCUT2D eigenvalue weighted by molar-refractivity contribution is 5.98. The number of rotatable bonds is 12. The fourth-order valence-corrected chi connectivity index (χ4v) is 6.73. The summed E-state index contributed by atoms with van der Waals surface area (Å²) >= 11 is 0. The molecule has 2 aromatic heterocycles. The van der Waals surface area contributed by atoms with Gasteiger partial charge in [-0.3, -0.25) is 9.78 Å². The summed E-state index contributed by atoms with van der Waals surface area (Å²) < 4.78 is 6.24. The first-order valence-electron chi connectivity index (χ1n) is 17.5. The molecule has 1 N–H and O–H groups in total. The van der Waals surface area contributed by atoms with E-state index >= 15 is 0 Å². The molecule has 258 valence electrons. The average molecular weight is 685 g/mol. The molecule has 8 nitrogen and oxygen atoms in total. The fourth-order valence-electron chi connectivity index (χ4n) is 6.73. The lowest BCUT2D eigenvalue weighted by molar-refractivity contribution is 0.0948. The maximum Gasteiger partial charge on any atom is 0.256 e. The van der Waals surface area contributed by atoms with E-state index in [4.69, 9.17) is 20.1 Å². The third kappa shape index (κ3) is 6.71. The predicted molar refractivity (Wildman–Crippen MR) is 204 cm³/mol. The second kappa shape index (κ2) is 15.2. The van der Waals surface area contributed by atoms with Crippen LogP contribution in [0, 0.1) is 13.8 Å². The van der Waals surface area contributed by atoms with Gasteiger partial charge in [-0.05, 0) is 58.9 Å². The van der Waals surface area contributed by atoms with Crippen LogP contribution >= 0.6 is 0 Å². The highest BCUT2D eigenvalue weighted by Gasteiger charge is 2.41. The van der Waals surface area contributed by atoms with Crippen molar-refractivity contribution in [2.24, 2.45) is 0 Å². The lowest BCUT2D eigenvalue weighted by Crippen LogP contribution is -2.39. The smallest absolute Gasteiger partial charge is 0.256 e. The van der Waals surface area contributed by atoms with E-state index in [9.17, 15) is 4.79 Å². The van der Waals surface area contributed by atoms with Crippen LogP contribution in [0.1, 0.15) is 57.3 Å². The van der Waals surface area contributed by atoms with E-state index in [1.165, 1.54) is 0 Å². The third-order valence-corrected chi connectivity index (χ3v) is 9.17. The number of aryl methyl sites for hydroxylation is 2. The number of nitrogens with one attached hydrogen (secondary N) is 1. The van der Waals surface area contributed by atoms with Gasteiger partial charge in [0.1, 0.15) is 17.9 Å². The van der Waals surface area contributed by atoms with E-state index in [0.29, 0.717) is 36.0 Å². The minimum absolute atomic E-state index is 0.173. The van der Waals surface area contributed by atoms with E-state index in [1.807, 2.05) is 112 Å². The summed E-state index contributed by atoms with van der Waals surface area (Å²) in [6, 6.07) is 49.1. The number of carbonyl (C=O) groups is 1. The van der Waals surface area contributed by atoms with Crippen molar-refractivity contribution in [1.82, 2.24) is 30.5 Å². The highest BCUT2D eigenvalue weighted by atomic mass is 16.5. The van der Waals surface area contributed by atoms with E-state index in [2.05, 4.69) is 64.9 Å². The topological polar surface area (TPSA) is 94.8 Å². The molecule has 0 aliphatic carbocycles. The number of carbonyl (C=O) groups excluding carboxylic acids is 1. The van der Waals surface area contributed by atoms with Crippen molar-refractivity contribution >= 4 is 5.91 Å². The Hall–Kier alpha value is -6.41. The molecular formula is C44H40N6O2. The van der Waals surface area contributed by atoms with E-state index in [-0.39, 0.29) is 5.91 Å². The summed E-state index contributed by atoms with van der Waals surface area (Å²) in [5.41, 5.74) is 7.94. The number of benzene rings is 5. The summed E-state index contributed by atoms with van der Waals surface area (Å²) in [5, 5.41) is 17.5. The molecule has 0 atom stereocenters. The lowest BCUT2D eigenvalue weighted by Gasteiger charge is -2.34. The molecule has 2 heterocycles. The molecular weight excluding hydrogens is 645 g/mol. The Bertz CT molecular complexity index is 2170. The second-order valence-electron chi connectivity index (χ2n) is 12.7. The van der Waals surface area contributed by atoms with E-state index < -0.39 is 5.54 Å². The van der Waals surface area contributed by atoms with Gasteiger partial charge in [0, 0.05) is 23.9 Å². The van der Waals surface area contributed by atoms with Gasteiger partial charge < -0.3 is 10.1 Å². The van der Waals surface area contributed by atoms with Crippen molar-refractivity contribution in [3.05, 3.63) is 185 Å². The molecule has 1 amide bonds. The molecule has 7 rings (SSSR count). The number of hydrogen-bond donors (Lipinski definition) is 1. The van der Waals surface area contributed by atoms with Crippen LogP contribution in [-0.2, 0) is 12.1 Å². The van der Waals surface area contributed by atoms with Gasteiger partial charge in [-0.15, -0.1) is 15.0 Å². The van der Waals surface area contributed by atoms with Crippen molar-refractivity contribution in [2.75, 3.05) is 6.54 Å². The van der Waals surface area contributed by atoms with Crippen LogP contribution in [0.2, 0.25) is 0 Å². The molecule has 0 bridgehead atoms. The quantitative estimate of drug-likeness (QED) is 0.130. The Labute approximate surface area is 304 Å². The maximum absolute atomic E-state index is 12.9. The van der Waals surface area contributed by atoms with Gasteiger partial charge in [-0.1, -0.05) is 146 Å². The molecule has 5 aromatic carbocycles. The Balaban J connectivity index is 1.22. The summed E-state index contributed by atoms with van der Waals surface area (Å²) in [6.45, 7) is 6.65. The second-order valence-corrected chi connectivity index (χ2v) is 12.7. The summed E-state index contributed by atoms with van der Waals surface area (Å²) in [7, 11) is 0. The van der Waals surface area contributed by atoms with Crippen LogP contribution in [0.4, 0.5) is 0 Å². The van der Waals surface area contributed by atoms with Crippen molar-refractivity contribution in [1.29, 1.82) is 0 Å². The van der Waals surface area contributed by atoms with Gasteiger partial charge in [0.15, 0.2) is 5.54 Å². The van der Waals surface area contributed by atoms with Crippen molar-refractivity contribution in [3.63, 3.8) is 0 Å². The number of aromatic nitrogens is 5.